The lowest BCUT2D eigenvalue weighted by Crippen LogP contribution is -1.67. The molecule has 0 heteroatoms. The molecule has 0 bridgehead atoms. The molecule has 0 radical (unpaired) electrons. The van der Waals surface area contributed by atoms with Crippen molar-refractivity contribution in [3.8, 4) is 0 Å². The van der Waals surface area contributed by atoms with E-state index in [4.69, 9.17) is 0 Å². The van der Waals surface area contributed by atoms with Gasteiger partial charge in [0.15, 0.2) is 0 Å². The van der Waals surface area contributed by atoms with Crippen LogP contribution in [0.25, 0.3) is 0 Å². The Morgan fingerprint density at radius 3 is 2.00 bits per heavy atom. The van der Waals surface area contributed by atoms with Gasteiger partial charge in [0.25, 0.3) is 0 Å². The Morgan fingerprint density at radius 1 is 0.500 bits per heavy atom. The molecule has 1 aliphatic carbocycles. The Labute approximate surface area is 75.0 Å². The summed E-state index contributed by atoms with van der Waals surface area (Å²) in [7, 11) is 0. The summed E-state index contributed by atoms with van der Waals surface area (Å²) in [5, 5.41) is 0. The van der Waals surface area contributed by atoms with Crippen molar-refractivity contribution in [1.82, 2.24) is 0 Å². The summed E-state index contributed by atoms with van der Waals surface area (Å²) >= 11 is 0. The molecule has 0 heterocycles. The van der Waals surface area contributed by atoms with Gasteiger partial charge in [0, 0.05) is 0 Å². The fourth-order valence-electron chi connectivity index (χ4n) is 1.09. The summed E-state index contributed by atoms with van der Waals surface area (Å²) in [6, 6.07) is 0. The van der Waals surface area contributed by atoms with Crippen molar-refractivity contribution in [2.75, 3.05) is 0 Å². The molecule has 0 saturated carbocycles. The van der Waals surface area contributed by atoms with Crippen LogP contribution >= 0.6 is 0 Å². The number of allylic oxidation sites excluding steroid dienone is 8. The van der Waals surface area contributed by atoms with Crippen LogP contribution in [0.5, 0.6) is 0 Å². The summed E-state index contributed by atoms with van der Waals surface area (Å²) in [6.07, 6.45) is 22.0. The van der Waals surface area contributed by atoms with Crippen LogP contribution < -0.4 is 0 Å². The van der Waals surface area contributed by atoms with Gasteiger partial charge in [-0.2, -0.15) is 0 Å². The van der Waals surface area contributed by atoms with Crippen molar-refractivity contribution in [1.29, 1.82) is 0 Å². The molecule has 12 heavy (non-hydrogen) atoms. The molecule has 0 nitrogen and oxygen atoms in total. The lowest BCUT2D eigenvalue weighted by atomic mass is 10.2. The van der Waals surface area contributed by atoms with E-state index in [1.165, 1.54) is 0 Å². The maximum atomic E-state index is 2.25. The van der Waals surface area contributed by atoms with E-state index in [2.05, 4.69) is 48.6 Å². The summed E-state index contributed by atoms with van der Waals surface area (Å²) in [5.74, 6) is 0. The molecule has 64 valence electrons. The maximum absolute atomic E-state index is 2.25. The molecule has 0 fully saturated rings. The molecule has 1 aliphatic rings. The standard InChI is InChI=1S/C12H16/c1-2-4-6-8-10-12-11-9-7-5-3-1/h1-4,7,9-10,12H,5-6,8,11H2/b3-1+,4-2?,9-7-,12-10-. The molecular weight excluding hydrogens is 144 g/mol. The van der Waals surface area contributed by atoms with E-state index < -0.39 is 0 Å². The summed E-state index contributed by atoms with van der Waals surface area (Å²) in [4.78, 5) is 0. The second kappa shape index (κ2) is 6.66. The van der Waals surface area contributed by atoms with Crippen LogP contribution in [-0.4, -0.2) is 0 Å². The van der Waals surface area contributed by atoms with Crippen LogP contribution in [0, 0.1) is 0 Å². The first-order valence-corrected chi connectivity index (χ1v) is 4.62. The zero-order valence-corrected chi connectivity index (χ0v) is 7.45. The lowest BCUT2D eigenvalue weighted by molar-refractivity contribution is 1.04. The van der Waals surface area contributed by atoms with E-state index in [-0.39, 0.29) is 0 Å². The van der Waals surface area contributed by atoms with Crippen LogP contribution in [0.1, 0.15) is 25.7 Å². The summed E-state index contributed by atoms with van der Waals surface area (Å²) in [5.41, 5.74) is 0. The highest BCUT2D eigenvalue weighted by molar-refractivity contribution is 5.06. The molecule has 0 aromatic rings. The topological polar surface area (TPSA) is 0 Å². The molecule has 0 aromatic heterocycles. The van der Waals surface area contributed by atoms with Crippen LogP contribution in [0.2, 0.25) is 0 Å². The molecule has 0 N–H and O–H groups in total. The largest absolute Gasteiger partial charge is 0.0879 e. The van der Waals surface area contributed by atoms with Crippen molar-refractivity contribution < 1.29 is 0 Å². The molecule has 0 spiro atoms. The summed E-state index contributed by atoms with van der Waals surface area (Å²) in [6.45, 7) is 0. The van der Waals surface area contributed by atoms with Crippen molar-refractivity contribution in [2.24, 2.45) is 0 Å². The summed E-state index contributed by atoms with van der Waals surface area (Å²) < 4.78 is 0. The number of hydrogen-bond acceptors (Lipinski definition) is 0. The van der Waals surface area contributed by atoms with E-state index in [1.54, 1.807) is 0 Å². The van der Waals surface area contributed by atoms with Gasteiger partial charge in [-0.25, -0.2) is 0 Å². The van der Waals surface area contributed by atoms with E-state index in [0.29, 0.717) is 0 Å². The lowest BCUT2D eigenvalue weighted by Gasteiger charge is -1.88. The fourth-order valence-corrected chi connectivity index (χ4v) is 1.09. The van der Waals surface area contributed by atoms with Crippen LogP contribution in [0.15, 0.2) is 48.6 Å². The minimum absolute atomic E-state index is 1.05. The molecule has 1 rings (SSSR count). The molecule has 0 unspecified atom stereocenters. The molecule has 0 aromatic carbocycles. The Morgan fingerprint density at radius 2 is 1.08 bits per heavy atom. The first kappa shape index (κ1) is 9.05. The highest BCUT2D eigenvalue weighted by Crippen LogP contribution is 1.98. The van der Waals surface area contributed by atoms with Gasteiger partial charge in [0.1, 0.15) is 0 Å². The van der Waals surface area contributed by atoms with E-state index in [9.17, 15) is 0 Å². The van der Waals surface area contributed by atoms with Gasteiger partial charge in [-0.05, 0) is 25.7 Å². The highest BCUT2D eigenvalue weighted by atomic mass is 13.8. The SMILES string of the molecule is C1=CCC/C=C\C/C=C\C/C=C/1. The predicted molar refractivity (Wildman–Crippen MR) is 55.0 cm³/mol. The van der Waals surface area contributed by atoms with E-state index in [1.807, 2.05) is 0 Å². The van der Waals surface area contributed by atoms with Gasteiger partial charge in [-0.1, -0.05) is 48.6 Å². The first-order chi connectivity index (χ1) is 6.00. The second-order valence-corrected chi connectivity index (χ2v) is 2.85. The fraction of sp³-hybridized carbons (Fsp3) is 0.333. The zero-order valence-electron chi connectivity index (χ0n) is 7.45. The first-order valence-electron chi connectivity index (χ1n) is 4.62. The Hall–Kier alpha value is -1.04. The van der Waals surface area contributed by atoms with Crippen molar-refractivity contribution in [2.45, 2.75) is 25.7 Å². The molecule has 0 atom stereocenters. The third-order valence-corrected chi connectivity index (χ3v) is 1.76. The third kappa shape index (κ3) is 4.73. The van der Waals surface area contributed by atoms with E-state index in [0.717, 1.165) is 25.7 Å². The van der Waals surface area contributed by atoms with Crippen LogP contribution in [0.4, 0.5) is 0 Å². The average molecular weight is 160 g/mol. The molecule has 0 saturated heterocycles. The van der Waals surface area contributed by atoms with Gasteiger partial charge in [-0.3, -0.25) is 0 Å². The minimum atomic E-state index is 1.05. The van der Waals surface area contributed by atoms with E-state index >= 15 is 0 Å². The molecular formula is C12H16. The smallest absolute Gasteiger partial charge is 0.0166 e. The highest BCUT2D eigenvalue weighted by Gasteiger charge is 1.77. The Kier molecular flexibility index (Phi) is 5.02. The predicted octanol–water partition coefficient (Wildman–Crippen LogP) is 3.79. The van der Waals surface area contributed by atoms with Crippen molar-refractivity contribution in [3.05, 3.63) is 48.6 Å². The number of rotatable bonds is 0. The Bertz CT molecular complexity index is 204. The monoisotopic (exact) mass is 160 g/mol. The Balaban J connectivity index is 2.41. The van der Waals surface area contributed by atoms with Gasteiger partial charge in [-0.15, -0.1) is 0 Å². The molecule has 0 amide bonds. The molecule has 0 aliphatic heterocycles. The van der Waals surface area contributed by atoms with Crippen LogP contribution in [0.3, 0.4) is 0 Å². The quantitative estimate of drug-likeness (QED) is 0.473. The van der Waals surface area contributed by atoms with Gasteiger partial charge in [0.05, 0.1) is 0 Å². The van der Waals surface area contributed by atoms with Gasteiger partial charge >= 0.3 is 0 Å². The van der Waals surface area contributed by atoms with Crippen molar-refractivity contribution >= 4 is 0 Å². The van der Waals surface area contributed by atoms with Crippen molar-refractivity contribution in [3.63, 3.8) is 0 Å². The minimum Gasteiger partial charge on any atom is -0.0879 e. The average Bonchev–Trinajstić information content (AvgIpc) is 2.05. The zero-order chi connectivity index (χ0) is 8.49. The second-order valence-electron chi connectivity index (χ2n) is 2.85. The van der Waals surface area contributed by atoms with Gasteiger partial charge < -0.3 is 0 Å². The normalized spacial score (nSPS) is 26.7. The van der Waals surface area contributed by atoms with Gasteiger partial charge in [0.2, 0.25) is 0 Å². The number of hydrogen-bond donors (Lipinski definition) is 0. The maximum Gasteiger partial charge on any atom is -0.0166 e. The third-order valence-electron chi connectivity index (χ3n) is 1.76. The van der Waals surface area contributed by atoms with Crippen LogP contribution in [-0.2, 0) is 0 Å².